The molecule has 2 aromatic rings. The van der Waals surface area contributed by atoms with E-state index in [1.165, 1.54) is 19.2 Å². The van der Waals surface area contributed by atoms with Crippen LogP contribution in [0.15, 0.2) is 33.5 Å². The summed E-state index contributed by atoms with van der Waals surface area (Å²) in [4.78, 5) is 21.0. The molecule has 6 heteroatoms. The van der Waals surface area contributed by atoms with Crippen molar-refractivity contribution < 1.29 is 14.1 Å². The summed E-state index contributed by atoms with van der Waals surface area (Å²) in [5.41, 5.74) is -1.25. The van der Waals surface area contributed by atoms with Crippen molar-refractivity contribution in [2.24, 2.45) is 0 Å². The van der Waals surface area contributed by atoms with E-state index in [0.717, 1.165) is 0 Å². The van der Waals surface area contributed by atoms with Crippen LogP contribution in [0.4, 0.5) is 5.69 Å². The summed E-state index contributed by atoms with van der Waals surface area (Å²) >= 11 is 0. The molecule has 0 bridgehead atoms. The Kier molecular flexibility index (Phi) is 2.32. The first kappa shape index (κ1) is 10.2. The van der Waals surface area contributed by atoms with Crippen molar-refractivity contribution >= 4 is 16.7 Å². The van der Waals surface area contributed by atoms with Crippen LogP contribution in [0.2, 0.25) is 0 Å². The third kappa shape index (κ3) is 1.60. The molecular weight excluding hydrogens is 214 g/mol. The SMILES string of the molecule is COc1ccc2oc(=O)c([N+](=O)[O-])cc2c1. The molecule has 0 radical (unpaired) electrons. The van der Waals surface area contributed by atoms with Gasteiger partial charge in [0.25, 0.3) is 0 Å². The molecule has 1 aromatic heterocycles. The zero-order chi connectivity index (χ0) is 11.7. The number of hydrogen-bond donors (Lipinski definition) is 0. The van der Waals surface area contributed by atoms with E-state index >= 15 is 0 Å². The summed E-state index contributed by atoms with van der Waals surface area (Å²) < 4.78 is 9.76. The average Bonchev–Trinajstić information content (AvgIpc) is 2.27. The van der Waals surface area contributed by atoms with E-state index in [1.807, 2.05) is 0 Å². The quantitative estimate of drug-likeness (QED) is 0.438. The second-order valence-corrected chi connectivity index (χ2v) is 3.08. The maximum atomic E-state index is 11.2. The fourth-order valence-corrected chi connectivity index (χ4v) is 1.34. The molecular formula is C10H7NO5. The molecule has 0 amide bonds. The molecule has 0 aliphatic rings. The first-order valence-electron chi connectivity index (χ1n) is 4.38. The van der Waals surface area contributed by atoms with E-state index in [4.69, 9.17) is 9.15 Å². The van der Waals surface area contributed by atoms with Crippen molar-refractivity contribution in [2.75, 3.05) is 7.11 Å². The highest BCUT2D eigenvalue weighted by Crippen LogP contribution is 2.22. The lowest BCUT2D eigenvalue weighted by Crippen LogP contribution is -2.05. The second-order valence-electron chi connectivity index (χ2n) is 3.08. The fraction of sp³-hybridized carbons (Fsp3) is 0.100. The summed E-state index contributed by atoms with van der Waals surface area (Å²) in [7, 11) is 1.48. The normalized spacial score (nSPS) is 10.3. The molecule has 0 aliphatic heterocycles. The highest BCUT2D eigenvalue weighted by molar-refractivity contribution is 5.79. The molecule has 1 aromatic carbocycles. The lowest BCUT2D eigenvalue weighted by Gasteiger charge is -2.00. The number of ether oxygens (including phenoxy) is 1. The maximum absolute atomic E-state index is 11.2. The van der Waals surface area contributed by atoms with E-state index in [1.54, 1.807) is 12.1 Å². The third-order valence-electron chi connectivity index (χ3n) is 2.12. The Balaban J connectivity index is 2.75. The van der Waals surface area contributed by atoms with Crippen LogP contribution in [0.1, 0.15) is 0 Å². The van der Waals surface area contributed by atoms with Gasteiger partial charge in [0.1, 0.15) is 11.3 Å². The molecule has 6 nitrogen and oxygen atoms in total. The minimum atomic E-state index is -0.956. The van der Waals surface area contributed by atoms with Crippen molar-refractivity contribution in [3.8, 4) is 5.75 Å². The van der Waals surface area contributed by atoms with Gasteiger partial charge in [-0.3, -0.25) is 10.1 Å². The van der Waals surface area contributed by atoms with Gasteiger partial charge in [0.15, 0.2) is 0 Å². The van der Waals surface area contributed by atoms with Gasteiger partial charge in [-0.05, 0) is 18.2 Å². The van der Waals surface area contributed by atoms with Crippen LogP contribution >= 0.6 is 0 Å². The van der Waals surface area contributed by atoms with Gasteiger partial charge in [-0.2, -0.15) is 0 Å². The predicted molar refractivity (Wildman–Crippen MR) is 55.7 cm³/mol. The molecule has 0 aliphatic carbocycles. The Morgan fingerprint density at radius 2 is 2.12 bits per heavy atom. The van der Waals surface area contributed by atoms with Crippen LogP contribution in [0, 0.1) is 10.1 Å². The van der Waals surface area contributed by atoms with Gasteiger partial charge >= 0.3 is 11.3 Å². The van der Waals surface area contributed by atoms with Crippen molar-refractivity contribution in [3.05, 3.63) is 44.8 Å². The first-order chi connectivity index (χ1) is 7.61. The molecule has 2 rings (SSSR count). The fourth-order valence-electron chi connectivity index (χ4n) is 1.34. The molecule has 16 heavy (non-hydrogen) atoms. The van der Waals surface area contributed by atoms with Gasteiger partial charge in [0, 0.05) is 11.5 Å². The van der Waals surface area contributed by atoms with E-state index in [0.29, 0.717) is 11.1 Å². The minimum Gasteiger partial charge on any atom is -0.497 e. The number of fused-ring (bicyclic) bond motifs is 1. The Bertz CT molecular complexity index is 616. The number of methoxy groups -OCH3 is 1. The number of rotatable bonds is 2. The smallest absolute Gasteiger partial charge is 0.415 e. The highest BCUT2D eigenvalue weighted by atomic mass is 16.6. The van der Waals surface area contributed by atoms with Crippen LogP contribution in [-0.2, 0) is 0 Å². The highest BCUT2D eigenvalue weighted by Gasteiger charge is 2.15. The van der Waals surface area contributed by atoms with Gasteiger partial charge in [-0.25, -0.2) is 4.79 Å². The van der Waals surface area contributed by atoms with Crippen LogP contribution < -0.4 is 10.4 Å². The van der Waals surface area contributed by atoms with Crippen molar-refractivity contribution in [2.45, 2.75) is 0 Å². The van der Waals surface area contributed by atoms with E-state index in [9.17, 15) is 14.9 Å². The average molecular weight is 221 g/mol. The standard InChI is InChI=1S/C10H7NO5/c1-15-7-2-3-9-6(4-7)5-8(11(13)14)10(12)16-9/h2-5H,1H3. The zero-order valence-electron chi connectivity index (χ0n) is 8.30. The zero-order valence-corrected chi connectivity index (χ0v) is 8.30. The third-order valence-corrected chi connectivity index (χ3v) is 2.12. The van der Waals surface area contributed by atoms with Crippen molar-refractivity contribution in [3.63, 3.8) is 0 Å². The maximum Gasteiger partial charge on any atom is 0.415 e. The van der Waals surface area contributed by atoms with E-state index < -0.39 is 16.2 Å². The number of benzene rings is 1. The van der Waals surface area contributed by atoms with Crippen LogP contribution in [0.3, 0.4) is 0 Å². The monoisotopic (exact) mass is 221 g/mol. The van der Waals surface area contributed by atoms with Gasteiger partial charge in [-0.15, -0.1) is 0 Å². The molecule has 0 saturated heterocycles. The Labute approximate surface area is 89.2 Å². The molecule has 0 saturated carbocycles. The lowest BCUT2D eigenvalue weighted by atomic mass is 10.2. The van der Waals surface area contributed by atoms with Gasteiger partial charge in [0.05, 0.1) is 12.0 Å². The van der Waals surface area contributed by atoms with E-state index in [-0.39, 0.29) is 5.58 Å². The van der Waals surface area contributed by atoms with Crippen LogP contribution in [0.25, 0.3) is 11.0 Å². The van der Waals surface area contributed by atoms with Crippen LogP contribution in [0.5, 0.6) is 5.75 Å². The first-order valence-corrected chi connectivity index (χ1v) is 4.38. The van der Waals surface area contributed by atoms with Crippen LogP contribution in [-0.4, -0.2) is 12.0 Å². The number of nitro groups is 1. The largest absolute Gasteiger partial charge is 0.497 e. The number of nitrogens with zero attached hydrogens (tertiary/aromatic N) is 1. The second kappa shape index (κ2) is 3.65. The van der Waals surface area contributed by atoms with Crippen molar-refractivity contribution in [1.29, 1.82) is 0 Å². The number of hydrogen-bond acceptors (Lipinski definition) is 5. The summed E-state index contributed by atoms with van der Waals surface area (Å²) in [5, 5.41) is 11.0. The Morgan fingerprint density at radius 1 is 1.38 bits per heavy atom. The van der Waals surface area contributed by atoms with Crippen molar-refractivity contribution in [1.82, 2.24) is 0 Å². The molecule has 0 unspecified atom stereocenters. The summed E-state index contributed by atoms with van der Waals surface area (Å²) in [6, 6.07) is 5.87. The van der Waals surface area contributed by atoms with Gasteiger partial charge in [-0.1, -0.05) is 0 Å². The summed E-state index contributed by atoms with van der Waals surface area (Å²) in [5.74, 6) is 0.538. The minimum absolute atomic E-state index is 0.288. The molecule has 0 spiro atoms. The summed E-state index contributed by atoms with van der Waals surface area (Å²) in [6.45, 7) is 0. The molecule has 82 valence electrons. The Hall–Kier alpha value is -2.37. The summed E-state index contributed by atoms with van der Waals surface area (Å²) in [6.07, 6.45) is 0. The van der Waals surface area contributed by atoms with Gasteiger partial charge in [0.2, 0.25) is 0 Å². The predicted octanol–water partition coefficient (Wildman–Crippen LogP) is 1.71. The molecule has 0 fully saturated rings. The van der Waals surface area contributed by atoms with E-state index in [2.05, 4.69) is 0 Å². The molecule has 0 atom stereocenters. The molecule has 1 heterocycles. The topological polar surface area (TPSA) is 82.6 Å². The lowest BCUT2D eigenvalue weighted by molar-refractivity contribution is -0.387. The Morgan fingerprint density at radius 3 is 2.75 bits per heavy atom. The molecule has 0 N–H and O–H groups in total. The van der Waals surface area contributed by atoms with Gasteiger partial charge < -0.3 is 9.15 Å².